The van der Waals surface area contributed by atoms with Crippen molar-refractivity contribution >= 4 is 27.5 Å². The number of nitrogens with one attached hydrogen (secondary N) is 1. The van der Waals surface area contributed by atoms with Crippen LogP contribution >= 0.6 is 11.8 Å². The molecule has 1 atom stereocenters. The molecule has 1 unspecified atom stereocenters. The molecule has 0 aliphatic carbocycles. The van der Waals surface area contributed by atoms with Crippen molar-refractivity contribution < 1.29 is 13.2 Å². The van der Waals surface area contributed by atoms with E-state index in [0.29, 0.717) is 18.7 Å². The fraction of sp³-hybridized carbons (Fsp3) is 0.900. The predicted octanol–water partition coefficient (Wildman–Crippen LogP) is -0.0679. The van der Waals surface area contributed by atoms with Crippen LogP contribution in [0.4, 0.5) is 0 Å². The van der Waals surface area contributed by atoms with Gasteiger partial charge in [-0.3, -0.25) is 4.79 Å². The summed E-state index contributed by atoms with van der Waals surface area (Å²) in [7, 11) is -1.35. The maximum absolute atomic E-state index is 12.0. The summed E-state index contributed by atoms with van der Waals surface area (Å²) in [6.45, 7) is 1.32. The SMILES string of the molecule is CNCCCC(=O)N1CCSCC1S(C)(=O)=O. The van der Waals surface area contributed by atoms with E-state index in [2.05, 4.69) is 5.32 Å². The highest BCUT2D eigenvalue weighted by Gasteiger charge is 2.33. The highest BCUT2D eigenvalue weighted by Crippen LogP contribution is 2.21. The molecule has 0 aromatic carbocycles. The van der Waals surface area contributed by atoms with E-state index in [9.17, 15) is 13.2 Å². The molecule has 1 saturated heterocycles. The normalized spacial score (nSPS) is 21.5. The number of sulfone groups is 1. The quantitative estimate of drug-likeness (QED) is 0.714. The first-order valence-electron chi connectivity index (χ1n) is 5.67. The average molecular weight is 280 g/mol. The van der Waals surface area contributed by atoms with Crippen molar-refractivity contribution in [1.82, 2.24) is 10.2 Å². The lowest BCUT2D eigenvalue weighted by Crippen LogP contribution is -2.49. The summed E-state index contributed by atoms with van der Waals surface area (Å²) in [6, 6.07) is 0. The van der Waals surface area contributed by atoms with Crippen molar-refractivity contribution in [3.8, 4) is 0 Å². The van der Waals surface area contributed by atoms with E-state index in [-0.39, 0.29) is 5.91 Å². The van der Waals surface area contributed by atoms with E-state index in [4.69, 9.17) is 0 Å². The molecule has 1 aliphatic heterocycles. The Balaban J connectivity index is 2.62. The van der Waals surface area contributed by atoms with Crippen LogP contribution < -0.4 is 5.32 Å². The van der Waals surface area contributed by atoms with Gasteiger partial charge in [0, 0.05) is 30.7 Å². The molecule has 17 heavy (non-hydrogen) atoms. The van der Waals surface area contributed by atoms with E-state index in [0.717, 1.165) is 18.7 Å². The molecule has 7 heteroatoms. The second-order valence-electron chi connectivity index (χ2n) is 4.15. The van der Waals surface area contributed by atoms with Crippen LogP contribution in [0.3, 0.4) is 0 Å². The zero-order valence-corrected chi connectivity index (χ0v) is 11.9. The van der Waals surface area contributed by atoms with Gasteiger partial charge in [-0.2, -0.15) is 11.8 Å². The third-order valence-corrected chi connectivity index (χ3v) is 5.36. The Labute approximate surface area is 107 Å². The van der Waals surface area contributed by atoms with Gasteiger partial charge in [-0.15, -0.1) is 0 Å². The molecule has 1 N–H and O–H groups in total. The molecular formula is C10H20N2O3S2. The molecule has 1 amide bonds. The Morgan fingerprint density at radius 2 is 2.24 bits per heavy atom. The lowest BCUT2D eigenvalue weighted by atomic mass is 10.2. The van der Waals surface area contributed by atoms with Gasteiger partial charge in [-0.25, -0.2) is 8.42 Å². The Kier molecular flexibility index (Phi) is 5.75. The molecule has 1 heterocycles. The number of carbonyl (C=O) groups is 1. The minimum Gasteiger partial charge on any atom is -0.324 e. The summed E-state index contributed by atoms with van der Waals surface area (Å²) in [5.74, 6) is 1.27. The monoisotopic (exact) mass is 280 g/mol. The van der Waals surface area contributed by atoms with E-state index in [1.807, 2.05) is 7.05 Å². The molecule has 0 aromatic rings. The van der Waals surface area contributed by atoms with Crippen molar-refractivity contribution in [1.29, 1.82) is 0 Å². The Bertz CT molecular complexity index is 357. The smallest absolute Gasteiger partial charge is 0.223 e. The average Bonchev–Trinajstić information content (AvgIpc) is 2.28. The Morgan fingerprint density at radius 3 is 2.82 bits per heavy atom. The van der Waals surface area contributed by atoms with Crippen LogP contribution in [0.1, 0.15) is 12.8 Å². The third-order valence-electron chi connectivity index (χ3n) is 2.72. The van der Waals surface area contributed by atoms with Gasteiger partial charge in [-0.1, -0.05) is 0 Å². The molecule has 100 valence electrons. The molecular weight excluding hydrogens is 260 g/mol. The van der Waals surface area contributed by atoms with Gasteiger partial charge >= 0.3 is 0 Å². The first kappa shape index (κ1) is 14.8. The second-order valence-corrected chi connectivity index (χ2v) is 7.51. The van der Waals surface area contributed by atoms with Gasteiger partial charge in [0.15, 0.2) is 9.84 Å². The zero-order valence-electron chi connectivity index (χ0n) is 10.3. The van der Waals surface area contributed by atoms with Gasteiger partial charge in [0.1, 0.15) is 5.37 Å². The minimum atomic E-state index is -3.18. The van der Waals surface area contributed by atoms with Crippen LogP contribution in [0.2, 0.25) is 0 Å². The van der Waals surface area contributed by atoms with Crippen LogP contribution in [0.5, 0.6) is 0 Å². The first-order valence-corrected chi connectivity index (χ1v) is 8.78. The number of hydrogen-bond donors (Lipinski definition) is 1. The van der Waals surface area contributed by atoms with E-state index >= 15 is 0 Å². The van der Waals surface area contributed by atoms with Crippen LogP contribution in [0.25, 0.3) is 0 Å². The summed E-state index contributed by atoms with van der Waals surface area (Å²) in [5.41, 5.74) is 0. The number of nitrogens with zero attached hydrogens (tertiary/aromatic N) is 1. The second kappa shape index (κ2) is 6.61. The largest absolute Gasteiger partial charge is 0.324 e. The first-order chi connectivity index (χ1) is 7.96. The van der Waals surface area contributed by atoms with Gasteiger partial charge < -0.3 is 10.2 Å². The molecule has 5 nitrogen and oxygen atoms in total. The molecule has 1 aliphatic rings. The molecule has 0 bridgehead atoms. The minimum absolute atomic E-state index is 0.0454. The van der Waals surface area contributed by atoms with Gasteiger partial charge in [0.25, 0.3) is 0 Å². The number of carbonyl (C=O) groups excluding carboxylic acids is 1. The summed E-state index contributed by atoms with van der Waals surface area (Å²) in [4.78, 5) is 13.5. The third kappa shape index (κ3) is 4.48. The predicted molar refractivity (Wildman–Crippen MR) is 70.8 cm³/mol. The van der Waals surface area contributed by atoms with E-state index in [1.165, 1.54) is 11.2 Å². The van der Waals surface area contributed by atoms with Crippen LogP contribution in [-0.2, 0) is 14.6 Å². The Morgan fingerprint density at radius 1 is 1.53 bits per heavy atom. The number of thioether (sulfide) groups is 1. The van der Waals surface area contributed by atoms with Crippen molar-refractivity contribution in [3.05, 3.63) is 0 Å². The summed E-state index contributed by atoms with van der Waals surface area (Å²) in [5, 5.41) is 2.34. The fourth-order valence-electron chi connectivity index (χ4n) is 1.78. The van der Waals surface area contributed by atoms with E-state index < -0.39 is 15.2 Å². The molecule has 0 spiro atoms. The van der Waals surface area contributed by atoms with Crippen molar-refractivity contribution in [2.24, 2.45) is 0 Å². The molecule has 0 radical (unpaired) electrons. The molecule has 1 rings (SSSR count). The number of hydrogen-bond acceptors (Lipinski definition) is 5. The topological polar surface area (TPSA) is 66.5 Å². The molecule has 1 fully saturated rings. The summed E-state index contributed by atoms with van der Waals surface area (Å²) < 4.78 is 23.2. The number of amides is 1. The van der Waals surface area contributed by atoms with Crippen molar-refractivity contribution in [2.45, 2.75) is 18.2 Å². The van der Waals surface area contributed by atoms with Gasteiger partial charge in [0.05, 0.1) is 0 Å². The lowest BCUT2D eigenvalue weighted by Gasteiger charge is -2.34. The summed E-state index contributed by atoms with van der Waals surface area (Å²) in [6.07, 6.45) is 2.37. The van der Waals surface area contributed by atoms with Crippen LogP contribution in [0.15, 0.2) is 0 Å². The van der Waals surface area contributed by atoms with Crippen LogP contribution in [-0.4, -0.2) is 62.5 Å². The van der Waals surface area contributed by atoms with Crippen molar-refractivity contribution in [2.75, 3.05) is 37.9 Å². The Hall–Kier alpha value is -0.270. The zero-order chi connectivity index (χ0) is 12.9. The maximum atomic E-state index is 12.0. The lowest BCUT2D eigenvalue weighted by molar-refractivity contribution is -0.131. The molecule has 0 saturated carbocycles. The molecule has 0 aromatic heterocycles. The summed E-state index contributed by atoms with van der Waals surface area (Å²) >= 11 is 1.59. The highest BCUT2D eigenvalue weighted by molar-refractivity contribution is 8.00. The standard InChI is InChI=1S/C10H20N2O3S2/c1-11-5-3-4-9(13)12-6-7-16-8-10(12)17(2,14)15/h10-11H,3-8H2,1-2H3. The highest BCUT2D eigenvalue weighted by atomic mass is 32.2. The van der Waals surface area contributed by atoms with Crippen molar-refractivity contribution in [3.63, 3.8) is 0 Å². The van der Waals surface area contributed by atoms with Gasteiger partial charge in [0.2, 0.25) is 5.91 Å². The maximum Gasteiger partial charge on any atom is 0.223 e. The van der Waals surface area contributed by atoms with Crippen LogP contribution in [0, 0.1) is 0 Å². The number of rotatable bonds is 5. The van der Waals surface area contributed by atoms with Gasteiger partial charge in [-0.05, 0) is 20.0 Å². The fourth-order valence-corrected chi connectivity index (χ4v) is 4.62. The van der Waals surface area contributed by atoms with E-state index in [1.54, 1.807) is 11.8 Å².